The molecule has 0 fully saturated rings. The lowest BCUT2D eigenvalue weighted by Crippen LogP contribution is -1.85. The predicted molar refractivity (Wildman–Crippen MR) is 33.5 cm³/mol. The summed E-state index contributed by atoms with van der Waals surface area (Å²) in [5, 5.41) is 3.20. The van der Waals surface area contributed by atoms with Crippen LogP contribution < -0.4 is 4.74 Å². The topological polar surface area (TPSA) is 9.23 Å². The van der Waals surface area contributed by atoms with E-state index >= 15 is 0 Å². The molecule has 0 saturated carbocycles. The summed E-state index contributed by atoms with van der Waals surface area (Å²) in [4.78, 5) is 0. The van der Waals surface area contributed by atoms with Gasteiger partial charge in [0.25, 0.3) is 0 Å². The number of rotatable bonds is 0. The van der Waals surface area contributed by atoms with Crippen LogP contribution in [-0.4, -0.2) is 6.61 Å². The Morgan fingerprint density at radius 1 is 1.62 bits per heavy atom. The maximum Gasteiger partial charge on any atom is 0.177 e. The maximum absolute atomic E-state index is 5.26. The third kappa shape index (κ3) is 0.464. The Labute approximate surface area is 51.9 Å². The first-order valence-corrected chi connectivity index (χ1v) is 3.54. The quantitative estimate of drug-likeness (QED) is 0.514. The van der Waals surface area contributed by atoms with Crippen molar-refractivity contribution in [3.05, 3.63) is 17.0 Å². The molecule has 2 heteroatoms. The summed E-state index contributed by atoms with van der Waals surface area (Å²) in [6.45, 7) is 0.891. The summed E-state index contributed by atoms with van der Waals surface area (Å²) in [6.07, 6.45) is 1.11. The standard InChI is InChI=1S/C6H6OS/c1-3-7-6-5(1)2-4-8-6/h2,4H,1,3H2. The van der Waals surface area contributed by atoms with Crippen molar-refractivity contribution in [2.75, 3.05) is 6.61 Å². The predicted octanol–water partition coefficient (Wildman–Crippen LogP) is 1.68. The van der Waals surface area contributed by atoms with Crippen molar-refractivity contribution in [1.29, 1.82) is 0 Å². The molecule has 0 bridgehead atoms. The van der Waals surface area contributed by atoms with Crippen molar-refractivity contribution in [3.8, 4) is 5.06 Å². The molecular formula is C6H6OS. The monoisotopic (exact) mass is 126 g/mol. The zero-order chi connectivity index (χ0) is 5.40. The van der Waals surface area contributed by atoms with Crippen molar-refractivity contribution in [1.82, 2.24) is 0 Å². The number of thiophene rings is 1. The molecule has 0 spiro atoms. The largest absolute Gasteiger partial charge is 0.483 e. The zero-order valence-electron chi connectivity index (χ0n) is 4.39. The number of ether oxygens (including phenoxy) is 1. The first kappa shape index (κ1) is 4.39. The van der Waals surface area contributed by atoms with Gasteiger partial charge in [0, 0.05) is 12.0 Å². The molecule has 0 unspecified atom stereocenters. The Balaban J connectivity index is 2.54. The molecular weight excluding hydrogens is 120 g/mol. The summed E-state index contributed by atoms with van der Waals surface area (Å²) in [5.74, 6) is 0. The molecule has 42 valence electrons. The Morgan fingerprint density at radius 2 is 2.62 bits per heavy atom. The first-order chi connectivity index (χ1) is 3.97. The van der Waals surface area contributed by atoms with Crippen LogP contribution in [0.5, 0.6) is 5.06 Å². The van der Waals surface area contributed by atoms with Gasteiger partial charge in [-0.05, 0) is 11.4 Å². The van der Waals surface area contributed by atoms with Crippen LogP contribution in [0.1, 0.15) is 5.56 Å². The van der Waals surface area contributed by atoms with Crippen LogP contribution in [-0.2, 0) is 6.42 Å². The second kappa shape index (κ2) is 1.49. The summed E-state index contributed by atoms with van der Waals surface area (Å²) < 4.78 is 5.26. The minimum Gasteiger partial charge on any atom is -0.483 e. The Morgan fingerprint density at radius 3 is 3.50 bits per heavy atom. The lowest BCUT2D eigenvalue weighted by Gasteiger charge is -1.86. The highest BCUT2D eigenvalue weighted by molar-refractivity contribution is 7.12. The Bertz CT molecular complexity index is 174. The van der Waals surface area contributed by atoms with Gasteiger partial charge in [0.1, 0.15) is 0 Å². The van der Waals surface area contributed by atoms with Crippen LogP contribution in [0.4, 0.5) is 0 Å². The van der Waals surface area contributed by atoms with Gasteiger partial charge in [-0.3, -0.25) is 0 Å². The minimum absolute atomic E-state index is 0.891. The summed E-state index contributed by atoms with van der Waals surface area (Å²) >= 11 is 1.69. The van der Waals surface area contributed by atoms with Crippen molar-refractivity contribution < 1.29 is 4.74 Å². The molecule has 0 aromatic carbocycles. The fourth-order valence-corrected chi connectivity index (χ4v) is 1.72. The summed E-state index contributed by atoms with van der Waals surface area (Å²) in [7, 11) is 0. The second-order valence-electron chi connectivity index (χ2n) is 1.83. The SMILES string of the molecule is c1cc2c(s1)OCC2. The number of fused-ring (bicyclic) bond motifs is 1. The molecule has 0 radical (unpaired) electrons. The van der Waals surface area contributed by atoms with Gasteiger partial charge in [-0.1, -0.05) is 0 Å². The maximum atomic E-state index is 5.26. The fourth-order valence-electron chi connectivity index (χ4n) is 0.887. The molecule has 0 atom stereocenters. The van der Waals surface area contributed by atoms with E-state index in [9.17, 15) is 0 Å². The molecule has 1 aromatic rings. The molecule has 1 aliphatic heterocycles. The van der Waals surface area contributed by atoms with Gasteiger partial charge < -0.3 is 4.74 Å². The van der Waals surface area contributed by atoms with Gasteiger partial charge in [-0.15, -0.1) is 11.3 Å². The lowest BCUT2D eigenvalue weighted by atomic mass is 10.3. The van der Waals surface area contributed by atoms with Gasteiger partial charge in [0.05, 0.1) is 6.61 Å². The highest BCUT2D eigenvalue weighted by Crippen LogP contribution is 2.30. The second-order valence-corrected chi connectivity index (χ2v) is 2.71. The molecule has 1 aromatic heterocycles. The first-order valence-electron chi connectivity index (χ1n) is 2.66. The van der Waals surface area contributed by atoms with E-state index < -0.39 is 0 Å². The third-order valence-electron chi connectivity index (χ3n) is 1.31. The lowest BCUT2D eigenvalue weighted by molar-refractivity contribution is 0.365. The van der Waals surface area contributed by atoms with Gasteiger partial charge in [-0.25, -0.2) is 0 Å². The smallest absolute Gasteiger partial charge is 0.177 e. The van der Waals surface area contributed by atoms with Crippen molar-refractivity contribution in [3.63, 3.8) is 0 Å². The average molecular weight is 126 g/mol. The molecule has 8 heavy (non-hydrogen) atoms. The van der Waals surface area contributed by atoms with Gasteiger partial charge >= 0.3 is 0 Å². The van der Waals surface area contributed by atoms with Crippen LogP contribution in [0.15, 0.2) is 11.4 Å². The van der Waals surface area contributed by atoms with E-state index in [4.69, 9.17) is 4.74 Å². The van der Waals surface area contributed by atoms with Gasteiger partial charge in [0.15, 0.2) is 5.06 Å². The van der Waals surface area contributed by atoms with Crippen LogP contribution in [0.25, 0.3) is 0 Å². The van der Waals surface area contributed by atoms with Crippen molar-refractivity contribution in [2.45, 2.75) is 6.42 Å². The van der Waals surface area contributed by atoms with Gasteiger partial charge in [0.2, 0.25) is 0 Å². The van der Waals surface area contributed by atoms with Crippen LogP contribution >= 0.6 is 11.3 Å². The average Bonchev–Trinajstić information content (AvgIpc) is 2.15. The van der Waals surface area contributed by atoms with Crippen LogP contribution in [0.2, 0.25) is 0 Å². The van der Waals surface area contributed by atoms with E-state index in [2.05, 4.69) is 11.4 Å². The molecule has 1 nitrogen and oxygen atoms in total. The van der Waals surface area contributed by atoms with E-state index in [1.54, 1.807) is 11.3 Å². The van der Waals surface area contributed by atoms with E-state index in [1.165, 1.54) is 5.56 Å². The van der Waals surface area contributed by atoms with Crippen molar-refractivity contribution in [2.24, 2.45) is 0 Å². The molecule has 0 saturated heterocycles. The molecule has 2 heterocycles. The van der Waals surface area contributed by atoms with E-state index in [0.29, 0.717) is 0 Å². The highest BCUT2D eigenvalue weighted by atomic mass is 32.1. The molecule has 1 aliphatic rings. The third-order valence-corrected chi connectivity index (χ3v) is 2.18. The summed E-state index contributed by atoms with van der Waals surface area (Å²) in [5.41, 5.74) is 1.38. The van der Waals surface area contributed by atoms with E-state index in [-0.39, 0.29) is 0 Å². The number of hydrogen-bond acceptors (Lipinski definition) is 2. The molecule has 0 N–H and O–H groups in total. The Hall–Kier alpha value is -0.500. The van der Waals surface area contributed by atoms with E-state index in [0.717, 1.165) is 18.1 Å². The molecule has 2 rings (SSSR count). The summed E-state index contributed by atoms with van der Waals surface area (Å²) in [6, 6.07) is 2.13. The number of hydrogen-bond donors (Lipinski definition) is 0. The zero-order valence-corrected chi connectivity index (χ0v) is 5.20. The molecule has 0 amide bonds. The van der Waals surface area contributed by atoms with Crippen LogP contribution in [0, 0.1) is 0 Å². The highest BCUT2D eigenvalue weighted by Gasteiger charge is 2.11. The fraction of sp³-hybridized carbons (Fsp3) is 0.333. The Kier molecular flexibility index (Phi) is 0.815. The normalized spacial score (nSPS) is 15.5. The van der Waals surface area contributed by atoms with E-state index in [1.807, 2.05) is 0 Å². The molecule has 0 aliphatic carbocycles. The van der Waals surface area contributed by atoms with Crippen molar-refractivity contribution >= 4 is 11.3 Å². The van der Waals surface area contributed by atoms with Gasteiger partial charge in [-0.2, -0.15) is 0 Å². The minimum atomic E-state index is 0.891. The van der Waals surface area contributed by atoms with Crippen LogP contribution in [0.3, 0.4) is 0 Å².